The van der Waals surface area contributed by atoms with Crippen LogP contribution in [-0.4, -0.2) is 16.9 Å². The Labute approximate surface area is 118 Å². The van der Waals surface area contributed by atoms with E-state index in [9.17, 15) is 14.9 Å². The van der Waals surface area contributed by atoms with Gasteiger partial charge in [-0.25, -0.2) is 0 Å². The lowest BCUT2D eigenvalue weighted by Crippen LogP contribution is -2.38. The summed E-state index contributed by atoms with van der Waals surface area (Å²) in [5, 5.41) is 13.8. The molecule has 0 aromatic heterocycles. The summed E-state index contributed by atoms with van der Waals surface area (Å²) in [6.45, 7) is 6.02. The maximum absolute atomic E-state index is 12.2. The van der Waals surface area contributed by atoms with E-state index in [2.05, 4.69) is 19.2 Å². The summed E-state index contributed by atoms with van der Waals surface area (Å²) < 4.78 is 0. The monoisotopic (exact) mass is 279 g/mol. The number of nitrogens with zero attached hydrogens (tertiary/aromatic N) is 1. The number of amides is 1. The number of carbonyl (C=O) groups is 1. The summed E-state index contributed by atoms with van der Waals surface area (Å²) in [6, 6.07) is 4.33. The summed E-state index contributed by atoms with van der Waals surface area (Å²) in [5.74, 6) is -0.109. The highest BCUT2D eigenvalue weighted by molar-refractivity contribution is 6.00. The van der Waals surface area contributed by atoms with Gasteiger partial charge in [0.05, 0.1) is 4.92 Å². The Bertz CT molecular complexity index is 498. The van der Waals surface area contributed by atoms with Crippen LogP contribution in [0.5, 0.6) is 0 Å². The van der Waals surface area contributed by atoms with Gasteiger partial charge in [0.2, 0.25) is 0 Å². The molecule has 3 N–H and O–H groups in total. The first-order valence-corrected chi connectivity index (χ1v) is 6.76. The van der Waals surface area contributed by atoms with E-state index in [-0.39, 0.29) is 23.0 Å². The first-order valence-electron chi connectivity index (χ1n) is 6.76. The molecule has 0 aliphatic rings. The van der Waals surface area contributed by atoms with E-state index in [1.54, 1.807) is 6.07 Å². The fraction of sp³-hybridized carbons (Fsp3) is 0.500. The van der Waals surface area contributed by atoms with E-state index in [0.29, 0.717) is 5.92 Å². The third-order valence-corrected chi connectivity index (χ3v) is 3.61. The van der Waals surface area contributed by atoms with Crippen LogP contribution >= 0.6 is 0 Å². The molecule has 1 atom stereocenters. The van der Waals surface area contributed by atoms with E-state index in [1.165, 1.54) is 12.1 Å². The number of nitrogens with one attached hydrogen (secondary N) is 1. The van der Waals surface area contributed by atoms with Gasteiger partial charge in [0, 0.05) is 6.04 Å². The Kier molecular flexibility index (Phi) is 5.49. The minimum atomic E-state index is -0.619. The number of benzene rings is 1. The lowest BCUT2D eigenvalue weighted by molar-refractivity contribution is -0.384. The van der Waals surface area contributed by atoms with E-state index >= 15 is 0 Å². The van der Waals surface area contributed by atoms with Crippen molar-refractivity contribution in [3.63, 3.8) is 0 Å². The highest BCUT2D eigenvalue weighted by Gasteiger charge is 2.25. The maximum Gasteiger partial charge on any atom is 0.304 e. The van der Waals surface area contributed by atoms with Crippen molar-refractivity contribution >= 4 is 17.3 Å². The quantitative estimate of drug-likeness (QED) is 0.475. The van der Waals surface area contributed by atoms with Crippen LogP contribution in [0.3, 0.4) is 0 Å². The van der Waals surface area contributed by atoms with Crippen LogP contribution in [0.4, 0.5) is 11.4 Å². The number of para-hydroxylation sites is 1. The number of carbonyl (C=O) groups excluding carboxylic acids is 1. The Morgan fingerprint density at radius 2 is 2.00 bits per heavy atom. The van der Waals surface area contributed by atoms with Crippen molar-refractivity contribution in [1.82, 2.24) is 5.32 Å². The number of anilines is 1. The Hall–Kier alpha value is -2.11. The molecular weight excluding hydrogens is 258 g/mol. The SMILES string of the molecule is CCC(CC)C(C)NC(=O)c1cccc(N)c1[N+](=O)[O-]. The summed E-state index contributed by atoms with van der Waals surface area (Å²) in [4.78, 5) is 22.6. The summed E-state index contributed by atoms with van der Waals surface area (Å²) in [7, 11) is 0. The van der Waals surface area contributed by atoms with Gasteiger partial charge in [-0.2, -0.15) is 0 Å². The Morgan fingerprint density at radius 1 is 1.40 bits per heavy atom. The van der Waals surface area contributed by atoms with Crippen LogP contribution in [0.15, 0.2) is 18.2 Å². The predicted octanol–water partition coefficient (Wildman–Crippen LogP) is 2.73. The standard InChI is InChI=1S/C14H21N3O3/c1-4-10(5-2)9(3)16-14(18)11-7-6-8-12(15)13(11)17(19)20/h6-10H,4-5,15H2,1-3H3,(H,16,18). The largest absolute Gasteiger partial charge is 0.393 e. The minimum Gasteiger partial charge on any atom is -0.393 e. The van der Waals surface area contributed by atoms with Gasteiger partial charge >= 0.3 is 5.69 Å². The number of hydrogen-bond donors (Lipinski definition) is 2. The smallest absolute Gasteiger partial charge is 0.304 e. The zero-order chi connectivity index (χ0) is 15.3. The van der Waals surface area contributed by atoms with E-state index in [0.717, 1.165) is 12.8 Å². The molecule has 0 aliphatic heterocycles. The lowest BCUT2D eigenvalue weighted by Gasteiger charge is -2.22. The minimum absolute atomic E-state index is 0.00200. The second-order valence-corrected chi connectivity index (χ2v) is 4.84. The van der Waals surface area contributed by atoms with Gasteiger partial charge in [0.1, 0.15) is 11.3 Å². The molecule has 1 rings (SSSR count). The molecule has 20 heavy (non-hydrogen) atoms. The molecular formula is C14H21N3O3. The third-order valence-electron chi connectivity index (χ3n) is 3.61. The molecule has 1 unspecified atom stereocenters. The van der Waals surface area contributed by atoms with Crippen LogP contribution in [-0.2, 0) is 0 Å². The third kappa shape index (κ3) is 3.46. The zero-order valence-electron chi connectivity index (χ0n) is 12.1. The van der Waals surface area contributed by atoms with E-state index < -0.39 is 10.8 Å². The number of hydrogen-bond acceptors (Lipinski definition) is 4. The van der Waals surface area contributed by atoms with Crippen molar-refractivity contribution in [2.45, 2.75) is 39.7 Å². The molecule has 1 aromatic rings. The van der Waals surface area contributed by atoms with Crippen molar-refractivity contribution in [1.29, 1.82) is 0 Å². The van der Waals surface area contributed by atoms with E-state index in [4.69, 9.17) is 5.73 Å². The molecule has 0 fully saturated rings. The fourth-order valence-electron chi connectivity index (χ4n) is 2.35. The molecule has 6 nitrogen and oxygen atoms in total. The van der Waals surface area contributed by atoms with E-state index in [1.807, 2.05) is 6.92 Å². The normalized spacial score (nSPS) is 12.2. The summed E-state index contributed by atoms with van der Waals surface area (Å²) in [5.41, 5.74) is 5.25. The molecule has 0 heterocycles. The fourth-order valence-corrected chi connectivity index (χ4v) is 2.35. The first kappa shape index (κ1) is 15.9. The molecule has 0 saturated carbocycles. The highest BCUT2D eigenvalue weighted by Crippen LogP contribution is 2.26. The van der Waals surface area contributed by atoms with Crippen molar-refractivity contribution < 1.29 is 9.72 Å². The van der Waals surface area contributed by atoms with Gasteiger partial charge in [-0.15, -0.1) is 0 Å². The summed E-state index contributed by atoms with van der Waals surface area (Å²) >= 11 is 0. The average molecular weight is 279 g/mol. The number of rotatable bonds is 6. The molecule has 0 bridgehead atoms. The molecule has 0 radical (unpaired) electrons. The second-order valence-electron chi connectivity index (χ2n) is 4.84. The molecule has 0 aliphatic carbocycles. The Balaban J connectivity index is 2.99. The van der Waals surface area contributed by atoms with Gasteiger partial charge in [0.15, 0.2) is 0 Å². The first-order chi connectivity index (χ1) is 9.42. The van der Waals surface area contributed by atoms with Crippen molar-refractivity contribution in [3.8, 4) is 0 Å². The van der Waals surface area contributed by atoms with Gasteiger partial charge < -0.3 is 11.1 Å². The number of nitrogens with two attached hydrogens (primary N) is 1. The topological polar surface area (TPSA) is 98.3 Å². The van der Waals surface area contributed by atoms with Crippen molar-refractivity contribution in [3.05, 3.63) is 33.9 Å². The second kappa shape index (κ2) is 6.88. The van der Waals surface area contributed by atoms with Crippen LogP contribution in [0, 0.1) is 16.0 Å². The average Bonchev–Trinajstić information content (AvgIpc) is 2.39. The lowest BCUT2D eigenvalue weighted by atomic mass is 9.95. The zero-order valence-corrected chi connectivity index (χ0v) is 12.1. The van der Waals surface area contributed by atoms with Gasteiger partial charge in [-0.3, -0.25) is 14.9 Å². The molecule has 1 aromatic carbocycles. The molecule has 6 heteroatoms. The maximum atomic E-state index is 12.2. The van der Waals surface area contributed by atoms with Gasteiger partial charge in [-0.1, -0.05) is 32.8 Å². The number of nitro benzene ring substituents is 1. The highest BCUT2D eigenvalue weighted by atomic mass is 16.6. The number of nitro groups is 1. The van der Waals surface area contributed by atoms with Gasteiger partial charge in [0.25, 0.3) is 5.91 Å². The Morgan fingerprint density at radius 3 is 2.50 bits per heavy atom. The number of nitrogen functional groups attached to an aromatic ring is 1. The van der Waals surface area contributed by atoms with Crippen LogP contribution < -0.4 is 11.1 Å². The van der Waals surface area contributed by atoms with Crippen LogP contribution in [0.1, 0.15) is 44.0 Å². The van der Waals surface area contributed by atoms with Crippen LogP contribution in [0.2, 0.25) is 0 Å². The molecule has 110 valence electrons. The molecule has 0 spiro atoms. The summed E-state index contributed by atoms with van der Waals surface area (Å²) in [6.07, 6.45) is 1.88. The van der Waals surface area contributed by atoms with Crippen LogP contribution in [0.25, 0.3) is 0 Å². The molecule has 1 amide bonds. The van der Waals surface area contributed by atoms with Gasteiger partial charge in [-0.05, 0) is 25.0 Å². The van der Waals surface area contributed by atoms with Crippen molar-refractivity contribution in [2.24, 2.45) is 5.92 Å². The van der Waals surface area contributed by atoms with Crippen molar-refractivity contribution in [2.75, 3.05) is 5.73 Å². The predicted molar refractivity (Wildman–Crippen MR) is 78.5 cm³/mol. The molecule has 0 saturated heterocycles.